The number of aryl methyl sites for hydroxylation is 1. The molecule has 2 aromatic heterocycles. The van der Waals surface area contributed by atoms with E-state index in [1.54, 1.807) is 0 Å². The maximum atomic E-state index is 14.2. The third kappa shape index (κ3) is 4.32. The number of hydrogen-bond acceptors (Lipinski definition) is 6. The van der Waals surface area contributed by atoms with E-state index in [9.17, 15) is 9.59 Å². The lowest BCUT2D eigenvalue weighted by Crippen LogP contribution is -2.44. The van der Waals surface area contributed by atoms with Crippen LogP contribution in [0, 0.1) is 31.1 Å². The molecule has 2 fully saturated rings. The number of nitrogens with zero attached hydrogens (tertiary/aromatic N) is 5. The number of aromatic nitrogens is 4. The third-order valence-electron chi connectivity index (χ3n) is 11.5. The molecule has 2 aliphatic heterocycles. The van der Waals surface area contributed by atoms with Gasteiger partial charge in [-0.25, -0.2) is 9.98 Å². The van der Waals surface area contributed by atoms with E-state index in [0.29, 0.717) is 30.9 Å². The number of aliphatic imine (C=N–C) groups is 2. The first-order valence-corrected chi connectivity index (χ1v) is 16.8. The number of aromatic amines is 1. The number of fused-ring (bicyclic) bond motifs is 4. The van der Waals surface area contributed by atoms with E-state index in [2.05, 4.69) is 55.2 Å². The molecule has 5 unspecified atom stereocenters. The fourth-order valence-corrected chi connectivity index (χ4v) is 8.96. The number of nitrogens with one attached hydrogen (secondary N) is 1. The molecule has 2 aliphatic carbocycles. The molecule has 234 valence electrons. The monoisotopic (exact) mass is 612 g/mol. The molecule has 46 heavy (non-hydrogen) atoms. The van der Waals surface area contributed by atoms with Crippen molar-refractivity contribution in [2.75, 3.05) is 0 Å². The smallest absolute Gasteiger partial charge is 0.177 e. The molecule has 8 nitrogen and oxygen atoms in total. The lowest BCUT2D eigenvalue weighted by Gasteiger charge is -2.43. The zero-order valence-electron chi connectivity index (χ0n) is 27.0. The molecule has 4 aliphatic rings. The van der Waals surface area contributed by atoms with Crippen LogP contribution in [0.5, 0.6) is 0 Å². The van der Waals surface area contributed by atoms with Crippen molar-refractivity contribution in [3.8, 4) is 0 Å². The zero-order valence-corrected chi connectivity index (χ0v) is 27.0. The van der Waals surface area contributed by atoms with Gasteiger partial charge in [0.05, 0.1) is 17.9 Å². The van der Waals surface area contributed by atoms with Gasteiger partial charge in [-0.15, -0.1) is 0 Å². The molecule has 0 saturated heterocycles. The number of rotatable bonds is 5. The van der Waals surface area contributed by atoms with E-state index in [4.69, 9.17) is 15.1 Å². The first-order chi connectivity index (χ1) is 22.3. The predicted octanol–water partition coefficient (Wildman–Crippen LogP) is 7.66. The van der Waals surface area contributed by atoms with Gasteiger partial charge in [0, 0.05) is 65.0 Å². The quantitative estimate of drug-likeness (QED) is 0.250. The maximum Gasteiger partial charge on any atom is 0.177 e. The van der Waals surface area contributed by atoms with Gasteiger partial charge >= 0.3 is 0 Å². The normalized spacial score (nSPS) is 26.4. The highest BCUT2D eigenvalue weighted by molar-refractivity contribution is 6.12. The van der Waals surface area contributed by atoms with Gasteiger partial charge in [0.15, 0.2) is 11.6 Å². The van der Waals surface area contributed by atoms with Crippen molar-refractivity contribution in [1.82, 2.24) is 20.0 Å². The van der Waals surface area contributed by atoms with Crippen molar-refractivity contribution in [3.05, 3.63) is 94.3 Å². The van der Waals surface area contributed by atoms with Crippen LogP contribution in [-0.2, 0) is 9.59 Å². The molecule has 0 spiro atoms. The van der Waals surface area contributed by atoms with Crippen molar-refractivity contribution < 1.29 is 9.59 Å². The Labute approximate surface area is 269 Å². The Bertz CT molecular complexity index is 1910. The zero-order chi connectivity index (χ0) is 31.7. The van der Waals surface area contributed by atoms with Gasteiger partial charge in [0.2, 0.25) is 0 Å². The van der Waals surface area contributed by atoms with Crippen molar-refractivity contribution in [2.45, 2.75) is 84.1 Å². The lowest BCUT2D eigenvalue weighted by atomic mass is 9.61. The summed E-state index contributed by atoms with van der Waals surface area (Å²) in [6, 6.07) is 20.4. The van der Waals surface area contributed by atoms with Crippen LogP contribution < -0.4 is 0 Å². The summed E-state index contributed by atoms with van der Waals surface area (Å²) in [5, 5.41) is 12.8. The standard InChI is InChI=1S/C38H40N6O2/c1-5-38(6-2)19-27-35(29(46)20-38)33(24-15-11-8-12-16-24)31-22(4)44(43-37(31)40-27)25-17-26-34(28(45)18-25)32(23-13-9-7-10-14-23)30-21(3)41-42-36(30)39-26/h7-16,25,32-35H,5-6,17-20H2,1-4H3,(H,41,42). The van der Waals surface area contributed by atoms with Gasteiger partial charge in [-0.05, 0) is 49.7 Å². The van der Waals surface area contributed by atoms with Crippen LogP contribution in [-0.4, -0.2) is 43.0 Å². The van der Waals surface area contributed by atoms with Crippen molar-refractivity contribution in [2.24, 2.45) is 27.2 Å². The number of ketones is 2. The van der Waals surface area contributed by atoms with Crippen molar-refractivity contribution in [1.29, 1.82) is 0 Å². The number of carbonyl (C=O) groups excluding carboxylic acids is 2. The Morgan fingerprint density at radius 1 is 0.739 bits per heavy atom. The van der Waals surface area contributed by atoms with Crippen LogP contribution in [0.15, 0.2) is 70.6 Å². The largest absolute Gasteiger partial charge is 0.299 e. The van der Waals surface area contributed by atoms with Gasteiger partial charge in [-0.1, -0.05) is 74.5 Å². The Hall–Kier alpha value is -4.46. The second kappa shape index (κ2) is 10.8. The van der Waals surface area contributed by atoms with Crippen LogP contribution >= 0.6 is 0 Å². The molecule has 0 radical (unpaired) electrons. The summed E-state index contributed by atoms with van der Waals surface area (Å²) in [5.41, 5.74) is 7.96. The van der Waals surface area contributed by atoms with Gasteiger partial charge < -0.3 is 0 Å². The molecule has 0 amide bonds. The SMILES string of the molecule is CCC1(CC)CC(=O)C2C(=Nc3nn(C4CC(=O)C5C(=Nc6n[nH]c(C)c6C5c5ccccc5)C4)c(C)c3C2c2ccccc2)C1. The number of benzene rings is 2. The summed E-state index contributed by atoms with van der Waals surface area (Å²) in [5.74, 6) is 0.943. The van der Waals surface area contributed by atoms with E-state index in [0.717, 1.165) is 64.3 Å². The van der Waals surface area contributed by atoms with Crippen LogP contribution in [0.25, 0.3) is 0 Å². The summed E-state index contributed by atoms with van der Waals surface area (Å²) in [6.07, 6.45) is 4.28. The maximum absolute atomic E-state index is 14.2. The van der Waals surface area contributed by atoms with E-state index >= 15 is 0 Å². The number of carbonyl (C=O) groups is 2. The molecule has 2 saturated carbocycles. The highest BCUT2D eigenvalue weighted by atomic mass is 16.1. The summed E-state index contributed by atoms with van der Waals surface area (Å²) < 4.78 is 2.03. The molecular weight excluding hydrogens is 572 g/mol. The molecule has 4 heterocycles. The molecule has 0 bridgehead atoms. The molecule has 1 N–H and O–H groups in total. The minimum atomic E-state index is -0.332. The van der Waals surface area contributed by atoms with Gasteiger partial charge in [0.25, 0.3) is 0 Å². The Balaban J connectivity index is 1.22. The fraction of sp³-hybridized carbons (Fsp3) is 0.421. The van der Waals surface area contributed by atoms with Gasteiger partial charge in [-0.3, -0.25) is 19.4 Å². The lowest BCUT2D eigenvalue weighted by molar-refractivity contribution is -0.125. The third-order valence-corrected chi connectivity index (χ3v) is 11.5. The van der Waals surface area contributed by atoms with E-state index in [-0.39, 0.29) is 46.7 Å². The number of H-pyrrole nitrogens is 1. The van der Waals surface area contributed by atoms with Gasteiger partial charge in [0.1, 0.15) is 11.6 Å². The van der Waals surface area contributed by atoms with E-state index in [1.807, 2.05) is 48.0 Å². The molecular formula is C38H40N6O2. The highest BCUT2D eigenvalue weighted by Gasteiger charge is 2.50. The summed E-state index contributed by atoms with van der Waals surface area (Å²) in [4.78, 5) is 38.5. The van der Waals surface area contributed by atoms with Crippen LogP contribution in [0.2, 0.25) is 0 Å². The number of hydrogen-bond donors (Lipinski definition) is 1. The fourth-order valence-electron chi connectivity index (χ4n) is 8.96. The van der Waals surface area contributed by atoms with Crippen molar-refractivity contribution in [3.63, 3.8) is 0 Å². The van der Waals surface area contributed by atoms with E-state index < -0.39 is 0 Å². The first kappa shape index (κ1) is 29.0. The minimum Gasteiger partial charge on any atom is -0.299 e. The topological polar surface area (TPSA) is 105 Å². The highest BCUT2D eigenvalue weighted by Crippen LogP contribution is 2.53. The Morgan fingerprint density at radius 2 is 1.35 bits per heavy atom. The Morgan fingerprint density at radius 3 is 2.00 bits per heavy atom. The van der Waals surface area contributed by atoms with Crippen LogP contribution in [0.3, 0.4) is 0 Å². The average molecular weight is 613 g/mol. The van der Waals surface area contributed by atoms with Crippen LogP contribution in [0.1, 0.15) is 104 Å². The summed E-state index contributed by atoms with van der Waals surface area (Å²) in [7, 11) is 0. The second-order valence-corrected chi connectivity index (χ2v) is 13.8. The molecule has 5 atom stereocenters. The summed E-state index contributed by atoms with van der Waals surface area (Å²) >= 11 is 0. The molecule has 8 rings (SSSR count). The molecule has 8 heteroatoms. The predicted molar refractivity (Wildman–Crippen MR) is 179 cm³/mol. The second-order valence-electron chi connectivity index (χ2n) is 13.8. The van der Waals surface area contributed by atoms with Gasteiger partial charge in [-0.2, -0.15) is 10.2 Å². The van der Waals surface area contributed by atoms with Crippen LogP contribution in [0.4, 0.5) is 11.6 Å². The molecule has 2 aromatic carbocycles. The van der Waals surface area contributed by atoms with Crippen molar-refractivity contribution >= 4 is 34.6 Å². The average Bonchev–Trinajstić information content (AvgIpc) is 3.61. The Kier molecular flexibility index (Phi) is 6.81. The van der Waals surface area contributed by atoms with E-state index in [1.165, 1.54) is 0 Å². The minimum absolute atomic E-state index is 0.0501. The number of Topliss-reactive ketones (excluding diaryl/α,β-unsaturated/α-hetero) is 2. The molecule has 4 aromatic rings. The summed E-state index contributed by atoms with van der Waals surface area (Å²) in [6.45, 7) is 8.47. The first-order valence-electron chi connectivity index (χ1n) is 16.8.